The molecule has 136 valence electrons. The molecule has 8 heteroatoms. The van der Waals surface area contributed by atoms with E-state index in [1.807, 2.05) is 0 Å². The van der Waals surface area contributed by atoms with Crippen LogP contribution in [0.4, 0.5) is 17.6 Å². The lowest BCUT2D eigenvalue weighted by atomic mass is 9.74. The monoisotopic (exact) mass is 368 g/mol. The molecular formula is C16H20F4O3S. The molecule has 1 aromatic rings. The Hall–Kier alpha value is -1.15. The maximum atomic E-state index is 13.8. The zero-order valence-electron chi connectivity index (χ0n) is 13.7. The standard InChI is InChI=1S/C16H20F4O3S/c1-14(2,8-15(21,9-24(3)22)16(18,19)20)12-7-11(17)6-10-4-5-23-13(10)12/h6-7,21H,4-5,8-9H2,1-3H3/t15-,24+/m1/s1. The van der Waals surface area contributed by atoms with Crippen LogP contribution in [0.25, 0.3) is 0 Å². The first-order valence-corrected chi connectivity index (χ1v) is 9.13. The van der Waals surface area contributed by atoms with Crippen LogP contribution >= 0.6 is 0 Å². The summed E-state index contributed by atoms with van der Waals surface area (Å²) in [5.74, 6) is -1.11. The van der Waals surface area contributed by atoms with Crippen LogP contribution in [0.1, 0.15) is 31.4 Å². The zero-order valence-corrected chi connectivity index (χ0v) is 14.5. The van der Waals surface area contributed by atoms with Crippen molar-refractivity contribution >= 4 is 10.8 Å². The first-order chi connectivity index (χ1) is 10.9. The maximum Gasteiger partial charge on any atom is 0.418 e. The van der Waals surface area contributed by atoms with Crippen molar-refractivity contribution in [2.24, 2.45) is 0 Å². The van der Waals surface area contributed by atoms with Crippen molar-refractivity contribution in [2.75, 3.05) is 18.6 Å². The molecule has 1 heterocycles. The highest BCUT2D eigenvalue weighted by Gasteiger charge is 2.56. The maximum absolute atomic E-state index is 13.8. The molecule has 0 aliphatic carbocycles. The lowest BCUT2D eigenvalue weighted by Crippen LogP contribution is -2.52. The Bertz CT molecular complexity index is 657. The molecule has 0 spiro atoms. The summed E-state index contributed by atoms with van der Waals surface area (Å²) in [4.78, 5) is 0. The molecule has 0 fully saturated rings. The van der Waals surface area contributed by atoms with Gasteiger partial charge >= 0.3 is 6.18 Å². The van der Waals surface area contributed by atoms with E-state index in [-0.39, 0.29) is 5.56 Å². The summed E-state index contributed by atoms with van der Waals surface area (Å²) in [5, 5.41) is 10.2. The molecule has 3 nitrogen and oxygen atoms in total. The second-order valence-electron chi connectivity index (χ2n) is 6.85. The highest BCUT2D eigenvalue weighted by Crippen LogP contribution is 2.45. The van der Waals surface area contributed by atoms with Crippen molar-refractivity contribution in [3.05, 3.63) is 29.1 Å². The van der Waals surface area contributed by atoms with Gasteiger partial charge in [0.25, 0.3) is 0 Å². The number of alkyl halides is 3. The Morgan fingerprint density at radius 3 is 2.46 bits per heavy atom. The molecule has 0 amide bonds. The minimum absolute atomic E-state index is 0.277. The molecule has 1 N–H and O–H groups in total. The number of rotatable bonds is 5. The molecule has 24 heavy (non-hydrogen) atoms. The summed E-state index contributed by atoms with van der Waals surface area (Å²) in [6.07, 6.45) is -4.11. The molecule has 2 rings (SSSR count). The largest absolute Gasteiger partial charge is 0.493 e. The summed E-state index contributed by atoms with van der Waals surface area (Å²) < 4.78 is 70.8. The zero-order chi connectivity index (χ0) is 18.3. The average molecular weight is 368 g/mol. The van der Waals surface area contributed by atoms with E-state index in [1.54, 1.807) is 0 Å². The summed E-state index contributed by atoms with van der Waals surface area (Å²) in [6.45, 7) is 3.31. The van der Waals surface area contributed by atoms with Crippen LogP contribution in [-0.2, 0) is 22.6 Å². The minimum Gasteiger partial charge on any atom is -0.493 e. The van der Waals surface area contributed by atoms with E-state index in [9.17, 15) is 26.9 Å². The highest BCUT2D eigenvalue weighted by atomic mass is 32.2. The molecule has 0 saturated carbocycles. The topological polar surface area (TPSA) is 46.5 Å². The Morgan fingerprint density at radius 1 is 1.29 bits per heavy atom. The lowest BCUT2D eigenvalue weighted by molar-refractivity contribution is -0.257. The third kappa shape index (κ3) is 3.74. The molecule has 1 aliphatic rings. The molecule has 2 atom stereocenters. The number of ether oxygens (including phenoxy) is 1. The SMILES string of the molecule is C[S@](=O)C[C@](O)(CC(C)(C)c1cc(F)cc2c1OCC2)C(F)(F)F. The van der Waals surface area contributed by atoms with Crippen LogP contribution in [0, 0.1) is 5.82 Å². The van der Waals surface area contributed by atoms with Gasteiger partial charge in [0.1, 0.15) is 11.6 Å². The van der Waals surface area contributed by atoms with Crippen molar-refractivity contribution in [3.63, 3.8) is 0 Å². The Kier molecular flexibility index (Phi) is 5.03. The van der Waals surface area contributed by atoms with E-state index in [2.05, 4.69) is 0 Å². The fraction of sp³-hybridized carbons (Fsp3) is 0.625. The molecule has 1 aliphatic heterocycles. The molecule has 0 unspecified atom stereocenters. The molecular weight excluding hydrogens is 348 g/mol. The molecule has 0 bridgehead atoms. The number of fused-ring (bicyclic) bond motifs is 1. The van der Waals surface area contributed by atoms with E-state index in [0.717, 1.165) is 12.3 Å². The number of hydrogen-bond donors (Lipinski definition) is 1. The van der Waals surface area contributed by atoms with Gasteiger partial charge in [-0.1, -0.05) is 13.8 Å². The number of benzene rings is 1. The van der Waals surface area contributed by atoms with Gasteiger partial charge in [-0.2, -0.15) is 13.2 Å². The van der Waals surface area contributed by atoms with Crippen LogP contribution in [0.5, 0.6) is 5.75 Å². The van der Waals surface area contributed by atoms with Crippen molar-refractivity contribution in [1.82, 2.24) is 0 Å². The van der Waals surface area contributed by atoms with Gasteiger partial charge in [-0.15, -0.1) is 0 Å². The molecule has 0 radical (unpaired) electrons. The predicted octanol–water partition coefficient (Wildman–Crippen LogP) is 3.10. The van der Waals surface area contributed by atoms with Gasteiger partial charge in [0.15, 0.2) is 5.60 Å². The van der Waals surface area contributed by atoms with E-state index in [1.165, 1.54) is 19.9 Å². The number of halogens is 4. The van der Waals surface area contributed by atoms with Crippen molar-refractivity contribution in [2.45, 2.75) is 43.9 Å². The first-order valence-electron chi connectivity index (χ1n) is 7.40. The summed E-state index contributed by atoms with van der Waals surface area (Å²) >= 11 is 0. The normalized spacial score (nSPS) is 18.7. The third-order valence-electron chi connectivity index (χ3n) is 4.18. The number of aliphatic hydroxyl groups is 1. The van der Waals surface area contributed by atoms with Gasteiger partial charge in [0.05, 0.1) is 12.4 Å². The second-order valence-corrected chi connectivity index (χ2v) is 8.28. The molecule has 0 saturated heterocycles. The quantitative estimate of drug-likeness (QED) is 0.813. The smallest absolute Gasteiger partial charge is 0.418 e. The third-order valence-corrected chi connectivity index (χ3v) is 5.07. The fourth-order valence-electron chi connectivity index (χ4n) is 3.17. The van der Waals surface area contributed by atoms with Crippen molar-refractivity contribution < 1.29 is 31.6 Å². The molecule has 1 aromatic carbocycles. The van der Waals surface area contributed by atoms with Crippen molar-refractivity contribution in [3.8, 4) is 5.75 Å². The first kappa shape index (κ1) is 19.2. The summed E-state index contributed by atoms with van der Waals surface area (Å²) in [6, 6.07) is 2.45. The molecule has 0 aromatic heterocycles. The van der Waals surface area contributed by atoms with Gasteiger partial charge in [0.2, 0.25) is 0 Å². The van der Waals surface area contributed by atoms with E-state index >= 15 is 0 Å². The van der Waals surface area contributed by atoms with Crippen LogP contribution in [-0.4, -0.2) is 39.7 Å². The average Bonchev–Trinajstić information content (AvgIpc) is 2.82. The van der Waals surface area contributed by atoms with Gasteiger partial charge in [0, 0.05) is 34.6 Å². The van der Waals surface area contributed by atoms with Crippen LogP contribution < -0.4 is 4.74 Å². The van der Waals surface area contributed by atoms with Gasteiger partial charge in [-0.05, 0) is 24.0 Å². The lowest BCUT2D eigenvalue weighted by Gasteiger charge is -2.38. The van der Waals surface area contributed by atoms with Crippen molar-refractivity contribution in [1.29, 1.82) is 0 Å². The van der Waals surface area contributed by atoms with E-state index < -0.39 is 46.0 Å². The Morgan fingerprint density at radius 2 is 1.92 bits per heavy atom. The Labute approximate surface area is 140 Å². The van der Waals surface area contributed by atoms with Gasteiger partial charge in [-0.3, -0.25) is 4.21 Å². The van der Waals surface area contributed by atoms with Gasteiger partial charge < -0.3 is 9.84 Å². The summed E-state index contributed by atoms with van der Waals surface area (Å²) in [7, 11) is -1.85. The minimum atomic E-state index is -4.95. The Balaban J connectivity index is 2.45. The van der Waals surface area contributed by atoms with Crippen LogP contribution in [0.15, 0.2) is 12.1 Å². The van der Waals surface area contributed by atoms with Gasteiger partial charge in [-0.25, -0.2) is 4.39 Å². The predicted molar refractivity (Wildman–Crippen MR) is 83.2 cm³/mol. The fourth-order valence-corrected chi connectivity index (χ4v) is 4.11. The van der Waals surface area contributed by atoms with Crippen LogP contribution in [0.2, 0.25) is 0 Å². The summed E-state index contributed by atoms with van der Waals surface area (Å²) in [5.41, 5.74) is -3.49. The van der Waals surface area contributed by atoms with E-state index in [4.69, 9.17) is 4.74 Å². The number of hydrogen-bond acceptors (Lipinski definition) is 3. The van der Waals surface area contributed by atoms with E-state index in [0.29, 0.717) is 24.3 Å². The highest BCUT2D eigenvalue weighted by molar-refractivity contribution is 7.84. The second kappa shape index (κ2) is 6.29. The van der Waals surface area contributed by atoms with Crippen LogP contribution in [0.3, 0.4) is 0 Å².